The molecule has 0 fully saturated rings. The lowest BCUT2D eigenvalue weighted by molar-refractivity contribution is -0.294. The lowest BCUT2D eigenvalue weighted by Crippen LogP contribution is -2.58. The van der Waals surface area contributed by atoms with Gasteiger partial charge in [0.1, 0.15) is 0 Å². The van der Waals surface area contributed by atoms with E-state index < -0.39 is 18.3 Å². The minimum atomic E-state index is -4.89. The SMILES string of the molecule is CC.CC1=NN(C(=S)NC2=CC=C(Cl)C=CC2)C(O)(C(F)(F)F)C1. The number of halogens is 4. The highest BCUT2D eigenvalue weighted by atomic mass is 35.5. The molecule has 0 amide bonds. The second kappa shape index (κ2) is 8.13. The van der Waals surface area contributed by atoms with Crippen molar-refractivity contribution in [3.8, 4) is 0 Å². The van der Waals surface area contributed by atoms with E-state index in [1.54, 1.807) is 24.3 Å². The fourth-order valence-electron chi connectivity index (χ4n) is 2.04. The number of rotatable bonds is 1. The average molecular weight is 382 g/mol. The molecule has 0 spiro atoms. The molecule has 0 saturated heterocycles. The van der Waals surface area contributed by atoms with Crippen LogP contribution in [0.15, 0.2) is 40.1 Å². The van der Waals surface area contributed by atoms with Crippen LogP contribution in [0.3, 0.4) is 0 Å². The van der Waals surface area contributed by atoms with Gasteiger partial charge >= 0.3 is 6.18 Å². The Morgan fingerprint density at radius 3 is 2.62 bits per heavy atom. The second-order valence-electron chi connectivity index (χ2n) is 4.92. The molecule has 2 rings (SSSR count). The zero-order valence-corrected chi connectivity index (χ0v) is 15.1. The lowest BCUT2D eigenvalue weighted by Gasteiger charge is -2.34. The molecule has 2 N–H and O–H groups in total. The zero-order chi connectivity index (χ0) is 18.5. The molecule has 1 heterocycles. The summed E-state index contributed by atoms with van der Waals surface area (Å²) in [5.74, 6) is 0. The van der Waals surface area contributed by atoms with Crippen molar-refractivity contribution < 1.29 is 18.3 Å². The summed E-state index contributed by atoms with van der Waals surface area (Å²) < 4.78 is 39.4. The maximum Gasteiger partial charge on any atom is 0.438 e. The van der Waals surface area contributed by atoms with Crippen molar-refractivity contribution in [3.05, 3.63) is 35.0 Å². The Morgan fingerprint density at radius 2 is 2.04 bits per heavy atom. The summed E-state index contributed by atoms with van der Waals surface area (Å²) in [5, 5.41) is 16.9. The van der Waals surface area contributed by atoms with Gasteiger partial charge in [0.2, 0.25) is 0 Å². The Hall–Kier alpha value is -1.38. The second-order valence-corrected chi connectivity index (χ2v) is 5.74. The Kier molecular flexibility index (Phi) is 7.00. The van der Waals surface area contributed by atoms with Crippen molar-refractivity contribution in [3.63, 3.8) is 0 Å². The van der Waals surface area contributed by atoms with Crippen molar-refractivity contribution in [2.45, 2.75) is 45.5 Å². The lowest BCUT2D eigenvalue weighted by atomic mass is 10.1. The van der Waals surface area contributed by atoms with E-state index in [0.717, 1.165) is 0 Å². The molecule has 2 aliphatic rings. The smallest absolute Gasteiger partial charge is 0.362 e. The Bertz CT molecular complexity index is 614. The molecule has 24 heavy (non-hydrogen) atoms. The minimum Gasteiger partial charge on any atom is -0.362 e. The summed E-state index contributed by atoms with van der Waals surface area (Å²) in [6.07, 6.45) is 1.47. The first-order chi connectivity index (χ1) is 11.1. The Labute approximate surface area is 149 Å². The molecule has 0 aromatic heterocycles. The summed E-state index contributed by atoms with van der Waals surface area (Å²) in [4.78, 5) is 0. The zero-order valence-electron chi connectivity index (χ0n) is 13.5. The van der Waals surface area contributed by atoms with Gasteiger partial charge in [0.15, 0.2) is 5.11 Å². The molecule has 1 aliphatic carbocycles. The highest BCUT2D eigenvalue weighted by Gasteiger charge is 2.62. The summed E-state index contributed by atoms with van der Waals surface area (Å²) in [5.41, 5.74) is -2.45. The number of aliphatic hydroxyl groups is 1. The van der Waals surface area contributed by atoms with E-state index in [9.17, 15) is 18.3 Å². The Balaban J connectivity index is 0.00000139. The topological polar surface area (TPSA) is 47.9 Å². The molecule has 0 aromatic rings. The molecule has 1 unspecified atom stereocenters. The van der Waals surface area contributed by atoms with Gasteiger partial charge in [-0.1, -0.05) is 31.5 Å². The van der Waals surface area contributed by atoms with Crippen molar-refractivity contribution in [1.82, 2.24) is 10.3 Å². The number of nitrogens with one attached hydrogen (secondary N) is 1. The predicted molar refractivity (Wildman–Crippen MR) is 93.4 cm³/mol. The van der Waals surface area contributed by atoms with Crippen LogP contribution in [0.5, 0.6) is 0 Å². The largest absolute Gasteiger partial charge is 0.438 e. The van der Waals surface area contributed by atoms with E-state index in [0.29, 0.717) is 22.2 Å². The van der Waals surface area contributed by atoms with E-state index >= 15 is 0 Å². The third-order valence-electron chi connectivity index (χ3n) is 3.10. The fraction of sp³-hybridized carbons (Fsp3) is 0.467. The van der Waals surface area contributed by atoms with Gasteiger partial charge in [-0.3, -0.25) is 0 Å². The standard InChI is InChI=1S/C13H13ClF3N3OS.C2H6/c1-8-7-12(21,13(15,16)17)20(19-8)11(22)18-10-4-2-3-9(14)5-6-10;1-2/h2-3,5-6,21H,4,7H2,1H3,(H,18,22);1-2H3. The normalized spacial score (nSPS) is 23.5. The molecule has 0 saturated carbocycles. The molecular formula is C15H19ClF3N3OS. The molecule has 1 atom stereocenters. The van der Waals surface area contributed by atoms with Crippen LogP contribution in [-0.4, -0.2) is 32.8 Å². The third kappa shape index (κ3) is 4.58. The molecular weight excluding hydrogens is 363 g/mol. The first-order valence-corrected chi connectivity index (χ1v) is 8.09. The van der Waals surface area contributed by atoms with Crippen molar-refractivity contribution in [2.75, 3.05) is 0 Å². The molecule has 0 aromatic carbocycles. The van der Waals surface area contributed by atoms with E-state index in [4.69, 9.17) is 23.8 Å². The molecule has 1 aliphatic heterocycles. The molecule has 0 radical (unpaired) electrons. The number of thiocarbonyl (C=S) groups is 1. The highest BCUT2D eigenvalue weighted by molar-refractivity contribution is 7.80. The van der Waals surface area contributed by atoms with Gasteiger partial charge in [0.25, 0.3) is 5.72 Å². The number of nitrogens with zero attached hydrogens (tertiary/aromatic N) is 2. The fourth-order valence-corrected chi connectivity index (χ4v) is 2.51. The molecule has 4 nitrogen and oxygen atoms in total. The summed E-state index contributed by atoms with van der Waals surface area (Å²) in [6.45, 7) is 5.40. The summed E-state index contributed by atoms with van der Waals surface area (Å²) >= 11 is 10.8. The van der Waals surface area contributed by atoms with Crippen molar-refractivity contribution >= 4 is 34.6 Å². The maximum atomic E-state index is 13.1. The van der Waals surface area contributed by atoms with Gasteiger partial charge in [-0.05, 0) is 37.4 Å². The van der Waals surface area contributed by atoms with Gasteiger partial charge in [0.05, 0.1) is 0 Å². The third-order valence-corrected chi connectivity index (χ3v) is 3.62. The van der Waals surface area contributed by atoms with Gasteiger partial charge in [-0.2, -0.15) is 23.3 Å². The van der Waals surface area contributed by atoms with Crippen LogP contribution < -0.4 is 5.32 Å². The first kappa shape index (κ1) is 20.7. The number of hydrazone groups is 1. The monoisotopic (exact) mass is 381 g/mol. The van der Waals surface area contributed by atoms with Gasteiger partial charge in [-0.25, -0.2) is 0 Å². The van der Waals surface area contributed by atoms with E-state index in [1.165, 1.54) is 6.92 Å². The molecule has 134 valence electrons. The van der Waals surface area contributed by atoms with Crippen LogP contribution in [0, 0.1) is 0 Å². The van der Waals surface area contributed by atoms with Gasteiger partial charge in [0, 0.05) is 29.3 Å². The van der Waals surface area contributed by atoms with E-state index in [1.807, 2.05) is 13.8 Å². The van der Waals surface area contributed by atoms with Gasteiger partial charge < -0.3 is 10.4 Å². The average Bonchev–Trinajstić information content (AvgIpc) is 2.68. The van der Waals surface area contributed by atoms with Crippen LogP contribution in [0.4, 0.5) is 13.2 Å². The van der Waals surface area contributed by atoms with Gasteiger partial charge in [-0.15, -0.1) is 0 Å². The highest BCUT2D eigenvalue weighted by Crippen LogP contribution is 2.40. The van der Waals surface area contributed by atoms with Crippen LogP contribution in [-0.2, 0) is 0 Å². The quantitative estimate of drug-likeness (QED) is 0.669. The van der Waals surface area contributed by atoms with Crippen LogP contribution in [0.25, 0.3) is 0 Å². The van der Waals surface area contributed by atoms with Crippen LogP contribution >= 0.6 is 23.8 Å². The summed E-state index contributed by atoms with van der Waals surface area (Å²) in [7, 11) is 0. The number of allylic oxidation sites excluding steroid dienone is 5. The number of hydrogen-bond donors (Lipinski definition) is 2. The number of hydrogen-bond acceptors (Lipinski definition) is 3. The Morgan fingerprint density at radius 1 is 1.42 bits per heavy atom. The van der Waals surface area contributed by atoms with Crippen molar-refractivity contribution in [2.24, 2.45) is 5.10 Å². The number of alkyl halides is 3. The molecule has 0 bridgehead atoms. The van der Waals surface area contributed by atoms with Crippen molar-refractivity contribution in [1.29, 1.82) is 0 Å². The predicted octanol–water partition coefficient (Wildman–Crippen LogP) is 4.19. The molecule has 9 heteroatoms. The van der Waals surface area contributed by atoms with E-state index in [-0.39, 0.29) is 10.8 Å². The summed E-state index contributed by atoms with van der Waals surface area (Å²) in [6, 6.07) is 0. The maximum absolute atomic E-state index is 13.1. The first-order valence-electron chi connectivity index (χ1n) is 7.31. The van der Waals surface area contributed by atoms with Crippen LogP contribution in [0.1, 0.15) is 33.6 Å². The van der Waals surface area contributed by atoms with Crippen LogP contribution in [0.2, 0.25) is 0 Å². The van der Waals surface area contributed by atoms with E-state index in [2.05, 4.69) is 10.4 Å². The minimum absolute atomic E-state index is 0.140.